The molecule has 1 heterocycles. The zero-order valence-electron chi connectivity index (χ0n) is 9.27. The quantitative estimate of drug-likeness (QED) is 0.756. The summed E-state index contributed by atoms with van der Waals surface area (Å²) in [5.74, 6) is 2.81. The Bertz CT molecular complexity index is 294. The van der Waals surface area contributed by atoms with Gasteiger partial charge in [0.25, 0.3) is 0 Å². The molecule has 1 atom stereocenters. The first-order chi connectivity index (χ1) is 7.29. The van der Waals surface area contributed by atoms with Crippen LogP contribution in [0.2, 0.25) is 0 Å². The van der Waals surface area contributed by atoms with Crippen molar-refractivity contribution in [1.82, 2.24) is 4.98 Å². The molecule has 2 N–H and O–H groups in total. The minimum Gasteiger partial charge on any atom is -0.495 e. The minimum atomic E-state index is -0.0438. The molecule has 0 spiro atoms. The summed E-state index contributed by atoms with van der Waals surface area (Å²) in [5.41, 5.74) is 6.90. The van der Waals surface area contributed by atoms with E-state index in [1.54, 1.807) is 13.3 Å². The Labute approximate surface area is 95.4 Å². The molecular formula is C11H18N2OS. The topological polar surface area (TPSA) is 48.1 Å². The smallest absolute Gasteiger partial charge is 0.142 e. The summed E-state index contributed by atoms with van der Waals surface area (Å²) in [6.07, 6.45) is 2.93. The van der Waals surface area contributed by atoms with E-state index in [9.17, 15) is 0 Å². The van der Waals surface area contributed by atoms with Crippen LogP contribution in [0.15, 0.2) is 18.3 Å². The summed E-state index contributed by atoms with van der Waals surface area (Å²) in [7, 11) is 1.65. The van der Waals surface area contributed by atoms with Crippen molar-refractivity contribution < 1.29 is 4.74 Å². The van der Waals surface area contributed by atoms with Gasteiger partial charge >= 0.3 is 0 Å². The molecule has 15 heavy (non-hydrogen) atoms. The van der Waals surface area contributed by atoms with Gasteiger partial charge in [0.05, 0.1) is 18.8 Å². The lowest BCUT2D eigenvalue weighted by molar-refractivity contribution is 0.404. The van der Waals surface area contributed by atoms with Crippen LogP contribution < -0.4 is 10.5 Å². The van der Waals surface area contributed by atoms with Crippen LogP contribution >= 0.6 is 11.8 Å². The van der Waals surface area contributed by atoms with Crippen LogP contribution in [-0.2, 0) is 0 Å². The van der Waals surface area contributed by atoms with Crippen LogP contribution in [0, 0.1) is 0 Å². The number of nitrogens with zero attached hydrogens (tertiary/aromatic N) is 1. The highest BCUT2D eigenvalue weighted by Gasteiger charge is 2.12. The van der Waals surface area contributed by atoms with Gasteiger partial charge in [-0.1, -0.05) is 6.92 Å². The molecular weight excluding hydrogens is 208 g/mol. The largest absolute Gasteiger partial charge is 0.495 e. The fourth-order valence-corrected chi connectivity index (χ4v) is 2.15. The van der Waals surface area contributed by atoms with Crippen molar-refractivity contribution in [3.05, 3.63) is 24.0 Å². The van der Waals surface area contributed by atoms with Crippen molar-refractivity contribution in [3.63, 3.8) is 0 Å². The molecule has 0 saturated carbocycles. The van der Waals surface area contributed by atoms with Crippen molar-refractivity contribution in [2.24, 2.45) is 5.73 Å². The predicted octanol–water partition coefficient (Wildman–Crippen LogP) is 2.23. The number of nitrogens with two attached hydrogens (primary N) is 1. The monoisotopic (exact) mass is 226 g/mol. The highest BCUT2D eigenvalue weighted by Crippen LogP contribution is 2.23. The lowest BCUT2D eigenvalue weighted by Gasteiger charge is -2.13. The average molecular weight is 226 g/mol. The molecule has 1 rings (SSSR count). The van der Waals surface area contributed by atoms with Gasteiger partial charge in [0.1, 0.15) is 5.75 Å². The second-order valence-corrected chi connectivity index (χ2v) is 4.42. The highest BCUT2D eigenvalue weighted by molar-refractivity contribution is 7.99. The molecule has 3 nitrogen and oxygen atoms in total. The van der Waals surface area contributed by atoms with E-state index in [0.717, 1.165) is 22.9 Å². The third-order valence-electron chi connectivity index (χ3n) is 2.02. The van der Waals surface area contributed by atoms with Gasteiger partial charge in [0, 0.05) is 11.9 Å². The van der Waals surface area contributed by atoms with Crippen molar-refractivity contribution >= 4 is 11.8 Å². The number of ether oxygens (including phenoxy) is 1. The fourth-order valence-electron chi connectivity index (χ4n) is 1.29. The summed E-state index contributed by atoms with van der Waals surface area (Å²) in [4.78, 5) is 4.26. The Kier molecular flexibility index (Phi) is 5.50. The third kappa shape index (κ3) is 3.72. The van der Waals surface area contributed by atoms with E-state index in [-0.39, 0.29) is 6.04 Å². The lowest BCUT2D eigenvalue weighted by atomic mass is 10.2. The number of rotatable bonds is 6. The highest BCUT2D eigenvalue weighted by atomic mass is 32.2. The summed E-state index contributed by atoms with van der Waals surface area (Å²) < 4.78 is 5.22. The molecule has 0 amide bonds. The van der Waals surface area contributed by atoms with Gasteiger partial charge in [0.2, 0.25) is 0 Å². The van der Waals surface area contributed by atoms with Crippen LogP contribution in [0.5, 0.6) is 5.75 Å². The molecule has 0 aromatic carbocycles. The van der Waals surface area contributed by atoms with Crippen LogP contribution in [0.1, 0.15) is 25.1 Å². The van der Waals surface area contributed by atoms with E-state index in [0.29, 0.717) is 0 Å². The Hall–Kier alpha value is -0.740. The van der Waals surface area contributed by atoms with Gasteiger partial charge in [-0.2, -0.15) is 11.8 Å². The number of thioether (sulfide) groups is 1. The van der Waals surface area contributed by atoms with Crippen molar-refractivity contribution in [2.45, 2.75) is 19.4 Å². The molecule has 1 aromatic heterocycles. The van der Waals surface area contributed by atoms with Crippen LogP contribution in [0.25, 0.3) is 0 Å². The molecule has 84 valence electrons. The maximum Gasteiger partial charge on any atom is 0.142 e. The summed E-state index contributed by atoms with van der Waals surface area (Å²) in [5, 5.41) is 0. The number of hydrogen-bond acceptors (Lipinski definition) is 4. The molecule has 0 fully saturated rings. The minimum absolute atomic E-state index is 0.0438. The number of aromatic nitrogens is 1. The third-order valence-corrected chi connectivity index (χ3v) is 3.31. The van der Waals surface area contributed by atoms with Crippen LogP contribution in [0.3, 0.4) is 0 Å². The first-order valence-electron chi connectivity index (χ1n) is 5.11. The van der Waals surface area contributed by atoms with E-state index in [1.807, 2.05) is 23.9 Å². The first kappa shape index (κ1) is 12.3. The molecule has 0 aliphatic carbocycles. The van der Waals surface area contributed by atoms with Crippen LogP contribution in [-0.4, -0.2) is 23.6 Å². The van der Waals surface area contributed by atoms with Gasteiger partial charge in [0.15, 0.2) is 0 Å². The number of pyridine rings is 1. The molecule has 0 aliphatic heterocycles. The maximum atomic E-state index is 6.05. The Morgan fingerprint density at radius 1 is 1.60 bits per heavy atom. The molecule has 1 aromatic rings. The first-order valence-corrected chi connectivity index (χ1v) is 6.27. The molecule has 1 unspecified atom stereocenters. The van der Waals surface area contributed by atoms with Crippen molar-refractivity contribution in [3.8, 4) is 5.75 Å². The van der Waals surface area contributed by atoms with E-state index in [2.05, 4.69) is 11.9 Å². The van der Waals surface area contributed by atoms with E-state index < -0.39 is 0 Å². The van der Waals surface area contributed by atoms with Gasteiger partial charge in [-0.15, -0.1) is 0 Å². The molecule has 0 bridgehead atoms. The zero-order chi connectivity index (χ0) is 11.1. The summed E-state index contributed by atoms with van der Waals surface area (Å²) in [6, 6.07) is 3.71. The van der Waals surface area contributed by atoms with E-state index >= 15 is 0 Å². The predicted molar refractivity (Wildman–Crippen MR) is 65.3 cm³/mol. The van der Waals surface area contributed by atoms with Gasteiger partial charge in [-0.25, -0.2) is 0 Å². The number of methoxy groups -OCH3 is 1. The fraction of sp³-hybridized carbons (Fsp3) is 0.545. The molecule has 0 saturated heterocycles. The normalized spacial score (nSPS) is 12.5. The average Bonchev–Trinajstić information content (AvgIpc) is 2.29. The molecule has 4 heteroatoms. The lowest BCUT2D eigenvalue weighted by Crippen LogP contribution is -2.16. The van der Waals surface area contributed by atoms with E-state index in [1.165, 1.54) is 6.42 Å². The standard InChI is InChI=1S/C11H18N2OS/c1-3-7-15-8-9(12)11-10(14-2)5-4-6-13-11/h4-6,9H,3,7-8,12H2,1-2H3. The van der Waals surface area contributed by atoms with Crippen molar-refractivity contribution in [1.29, 1.82) is 0 Å². The SMILES string of the molecule is CCCSCC(N)c1ncccc1OC. The van der Waals surface area contributed by atoms with Crippen LogP contribution in [0.4, 0.5) is 0 Å². The summed E-state index contributed by atoms with van der Waals surface area (Å²) >= 11 is 1.85. The second kappa shape index (κ2) is 6.69. The Morgan fingerprint density at radius 2 is 2.40 bits per heavy atom. The van der Waals surface area contributed by atoms with Crippen molar-refractivity contribution in [2.75, 3.05) is 18.6 Å². The molecule has 0 radical (unpaired) electrons. The maximum absolute atomic E-state index is 6.05. The zero-order valence-corrected chi connectivity index (χ0v) is 10.1. The van der Waals surface area contributed by atoms with E-state index in [4.69, 9.17) is 10.5 Å². The Balaban J connectivity index is 2.59. The van der Waals surface area contributed by atoms with Gasteiger partial charge in [-0.3, -0.25) is 4.98 Å². The van der Waals surface area contributed by atoms with Gasteiger partial charge < -0.3 is 10.5 Å². The Morgan fingerprint density at radius 3 is 3.07 bits per heavy atom. The summed E-state index contributed by atoms with van der Waals surface area (Å²) in [6.45, 7) is 2.17. The second-order valence-electron chi connectivity index (χ2n) is 3.27. The number of hydrogen-bond donors (Lipinski definition) is 1. The van der Waals surface area contributed by atoms with Gasteiger partial charge in [-0.05, 0) is 24.3 Å². The molecule has 0 aliphatic rings.